The van der Waals surface area contributed by atoms with Gasteiger partial charge in [0.15, 0.2) is 6.29 Å². The zero-order chi connectivity index (χ0) is 24.3. The van der Waals surface area contributed by atoms with E-state index in [9.17, 15) is 40.5 Å². The number of hydrogen-bond donors (Lipinski definition) is 9. The Bertz CT molecular complexity index is 775. The number of nitrogens with one attached hydrogen (secondary N) is 1. The Kier molecular flexibility index (Phi) is 10.1. The van der Waals surface area contributed by atoms with Crippen LogP contribution < -0.4 is 5.73 Å². The van der Waals surface area contributed by atoms with E-state index in [-0.39, 0.29) is 18.8 Å². The molecule has 3 rings (SSSR count). The third kappa shape index (κ3) is 5.84. The Balaban J connectivity index is 0.00000408. The molecule has 10 atom stereocenters. The summed E-state index contributed by atoms with van der Waals surface area (Å²) in [6.45, 7) is -2.32. The molecule has 0 spiro atoms. The fourth-order valence-corrected chi connectivity index (χ4v) is 3.61. The summed E-state index contributed by atoms with van der Waals surface area (Å²) in [4.78, 5) is 18.8. The van der Waals surface area contributed by atoms with Crippen LogP contribution in [0.3, 0.4) is 0 Å². The largest absolute Gasteiger partial charge is 0.462 e. The lowest BCUT2D eigenvalue weighted by Crippen LogP contribution is -2.63. The van der Waals surface area contributed by atoms with Crippen LogP contribution in [-0.2, 0) is 30.2 Å². The van der Waals surface area contributed by atoms with Gasteiger partial charge < -0.3 is 65.4 Å². The summed E-state index contributed by atoms with van der Waals surface area (Å²) in [6, 6.07) is -1.06. The van der Waals surface area contributed by atoms with Crippen LogP contribution in [0, 0.1) is 0 Å². The molecule has 0 aromatic carbocycles. The number of H-pyrrole nitrogens is 1. The van der Waals surface area contributed by atoms with Crippen molar-refractivity contribution in [1.82, 2.24) is 9.97 Å². The first kappa shape index (κ1) is 28.8. The monoisotopic (exact) mass is 515 g/mol. The number of aliphatic hydroxyl groups is 7. The lowest BCUT2D eigenvalue weighted by molar-refractivity contribution is -0.383. The normalized spacial score (nSPS) is 38.8. The number of carbonyl (C=O) groups is 1. The SMILES string of the molecule is Cl.N[C@@H](Cc1cnc[nH]1)C(=O)OC[C@H]1O[C@H](O[C@]2(CO)O[C@H](CO)[C@@H](O)[C@@H]2O)[C@H](O)[C@@H](O)[C@@H]1O. The number of ether oxygens (including phenoxy) is 4. The number of halogens is 1. The summed E-state index contributed by atoms with van der Waals surface area (Å²) in [5.41, 5.74) is 6.37. The van der Waals surface area contributed by atoms with Crippen molar-refractivity contribution in [1.29, 1.82) is 0 Å². The number of aromatic nitrogens is 2. The zero-order valence-corrected chi connectivity index (χ0v) is 18.6. The standard InChI is InChI=1S/C18H29N3O12.ClH/c19-8(1-7-2-20-6-21-7)16(29)30-4-10-11(24)13(26)14(27)17(31-10)33-18(5-23)15(28)12(25)9(3-22)32-18;/h2,6,8-15,17,22-28H,1,3-5,19H2,(H,20,21);1H/t8-,9+,10+,11+,12+,13-,14+,15-,17+,18-;/m0./s1. The molecule has 196 valence electrons. The third-order valence-corrected chi connectivity index (χ3v) is 5.58. The highest BCUT2D eigenvalue weighted by Crippen LogP contribution is 2.36. The molecule has 2 aliphatic rings. The molecule has 16 heteroatoms. The maximum atomic E-state index is 12.2. The quantitative estimate of drug-likeness (QED) is 0.139. The molecule has 1 aromatic rings. The van der Waals surface area contributed by atoms with Gasteiger partial charge >= 0.3 is 5.97 Å². The predicted molar refractivity (Wildman–Crippen MR) is 110 cm³/mol. The number of carbonyl (C=O) groups excluding carboxylic acids is 1. The van der Waals surface area contributed by atoms with Gasteiger partial charge in [0.2, 0.25) is 5.79 Å². The maximum absolute atomic E-state index is 12.2. The Morgan fingerprint density at radius 2 is 1.85 bits per heavy atom. The molecule has 15 nitrogen and oxygen atoms in total. The Morgan fingerprint density at radius 1 is 1.15 bits per heavy atom. The summed E-state index contributed by atoms with van der Waals surface area (Å²) < 4.78 is 21.1. The van der Waals surface area contributed by atoms with Gasteiger partial charge in [-0.3, -0.25) is 4.79 Å². The lowest BCUT2D eigenvalue weighted by Gasteiger charge is -2.43. The van der Waals surface area contributed by atoms with Crippen molar-refractivity contribution < 1.29 is 59.5 Å². The zero-order valence-electron chi connectivity index (χ0n) is 17.8. The van der Waals surface area contributed by atoms with Crippen LogP contribution in [-0.4, -0.2) is 132 Å². The molecule has 34 heavy (non-hydrogen) atoms. The lowest BCUT2D eigenvalue weighted by atomic mass is 9.99. The van der Waals surface area contributed by atoms with Gasteiger partial charge in [0.25, 0.3) is 0 Å². The molecule has 0 unspecified atom stereocenters. The van der Waals surface area contributed by atoms with Gasteiger partial charge in [-0.15, -0.1) is 12.4 Å². The van der Waals surface area contributed by atoms with E-state index in [2.05, 4.69) is 9.97 Å². The van der Waals surface area contributed by atoms with E-state index in [0.717, 1.165) is 0 Å². The highest BCUT2D eigenvalue weighted by atomic mass is 35.5. The smallest absolute Gasteiger partial charge is 0.323 e. The van der Waals surface area contributed by atoms with Crippen LogP contribution in [0.4, 0.5) is 0 Å². The topological polar surface area (TPSA) is 250 Å². The number of aromatic amines is 1. The number of rotatable bonds is 9. The van der Waals surface area contributed by atoms with Crippen molar-refractivity contribution >= 4 is 18.4 Å². The highest BCUT2D eigenvalue weighted by molar-refractivity contribution is 5.85. The van der Waals surface area contributed by atoms with Gasteiger partial charge in [-0.05, 0) is 0 Å². The molecule has 0 radical (unpaired) electrons. The van der Waals surface area contributed by atoms with Crippen molar-refractivity contribution in [3.8, 4) is 0 Å². The van der Waals surface area contributed by atoms with Crippen LogP contribution >= 0.6 is 12.4 Å². The van der Waals surface area contributed by atoms with Gasteiger partial charge in [0, 0.05) is 18.3 Å². The minimum absolute atomic E-state index is 0. The van der Waals surface area contributed by atoms with Gasteiger partial charge in [0.05, 0.1) is 12.9 Å². The van der Waals surface area contributed by atoms with Crippen molar-refractivity contribution in [2.24, 2.45) is 5.73 Å². The average Bonchev–Trinajstić information content (AvgIpc) is 3.40. The van der Waals surface area contributed by atoms with Gasteiger partial charge in [-0.25, -0.2) is 4.98 Å². The molecule has 0 amide bonds. The molecule has 2 fully saturated rings. The Labute approximate surface area is 199 Å². The Morgan fingerprint density at radius 3 is 2.41 bits per heavy atom. The van der Waals surface area contributed by atoms with E-state index >= 15 is 0 Å². The van der Waals surface area contributed by atoms with Gasteiger partial charge in [-0.2, -0.15) is 0 Å². The highest BCUT2D eigenvalue weighted by Gasteiger charge is 2.58. The number of imidazole rings is 1. The molecular formula is C18H30ClN3O12. The molecule has 10 N–H and O–H groups in total. The molecule has 2 saturated heterocycles. The van der Waals surface area contributed by atoms with Crippen LogP contribution in [0.2, 0.25) is 0 Å². The summed E-state index contributed by atoms with van der Waals surface area (Å²) in [6.07, 6.45) is -10.4. The number of nitrogens with two attached hydrogens (primary N) is 1. The fraction of sp³-hybridized carbons (Fsp3) is 0.778. The minimum atomic E-state index is -2.31. The van der Waals surface area contributed by atoms with Crippen molar-refractivity contribution in [2.45, 2.75) is 67.3 Å². The number of aliphatic hydroxyl groups excluding tert-OH is 7. The molecule has 3 heterocycles. The second-order valence-corrected chi connectivity index (χ2v) is 7.89. The second kappa shape index (κ2) is 12.0. The number of esters is 1. The van der Waals surface area contributed by atoms with Gasteiger partial charge in [0.1, 0.15) is 62.0 Å². The number of nitrogens with zero attached hydrogens (tertiary/aromatic N) is 1. The third-order valence-electron chi connectivity index (χ3n) is 5.58. The first-order chi connectivity index (χ1) is 15.6. The Hall–Kier alpha value is -1.47. The molecular weight excluding hydrogens is 486 g/mol. The van der Waals surface area contributed by atoms with Crippen molar-refractivity contribution in [3.63, 3.8) is 0 Å². The summed E-state index contributed by atoms with van der Waals surface area (Å²) >= 11 is 0. The maximum Gasteiger partial charge on any atom is 0.323 e. The molecule has 2 aliphatic heterocycles. The van der Waals surface area contributed by atoms with E-state index in [0.29, 0.717) is 5.69 Å². The van der Waals surface area contributed by atoms with Gasteiger partial charge in [-0.1, -0.05) is 0 Å². The average molecular weight is 516 g/mol. The van der Waals surface area contributed by atoms with E-state index in [4.69, 9.17) is 24.7 Å². The van der Waals surface area contributed by atoms with Crippen LogP contribution in [0.15, 0.2) is 12.5 Å². The summed E-state index contributed by atoms with van der Waals surface area (Å²) in [7, 11) is 0. The molecule has 0 aliphatic carbocycles. The number of hydrogen-bond acceptors (Lipinski definition) is 14. The fourth-order valence-electron chi connectivity index (χ4n) is 3.61. The van der Waals surface area contributed by atoms with E-state index in [1.807, 2.05) is 0 Å². The second-order valence-electron chi connectivity index (χ2n) is 7.89. The van der Waals surface area contributed by atoms with Crippen LogP contribution in [0.5, 0.6) is 0 Å². The molecule has 1 aromatic heterocycles. The predicted octanol–water partition coefficient (Wildman–Crippen LogP) is -5.13. The first-order valence-electron chi connectivity index (χ1n) is 10.2. The van der Waals surface area contributed by atoms with E-state index in [1.165, 1.54) is 12.5 Å². The molecule has 0 saturated carbocycles. The summed E-state index contributed by atoms with van der Waals surface area (Å²) in [5, 5.41) is 69.8. The first-order valence-corrected chi connectivity index (χ1v) is 10.2. The van der Waals surface area contributed by atoms with Crippen LogP contribution in [0.1, 0.15) is 5.69 Å². The summed E-state index contributed by atoms with van der Waals surface area (Å²) in [5.74, 6) is -3.15. The van der Waals surface area contributed by atoms with Crippen molar-refractivity contribution in [2.75, 3.05) is 19.8 Å². The van der Waals surface area contributed by atoms with Crippen molar-refractivity contribution in [3.05, 3.63) is 18.2 Å². The minimum Gasteiger partial charge on any atom is -0.462 e. The van der Waals surface area contributed by atoms with Crippen LogP contribution in [0.25, 0.3) is 0 Å². The van der Waals surface area contributed by atoms with E-state index in [1.54, 1.807) is 0 Å². The van der Waals surface area contributed by atoms with E-state index < -0.39 is 86.6 Å². The molecule has 0 bridgehead atoms.